The maximum atomic E-state index is 13.9. The van der Waals surface area contributed by atoms with Gasteiger partial charge in [0, 0.05) is 12.0 Å². The average molecular weight is 350 g/mol. The van der Waals surface area contributed by atoms with Crippen molar-refractivity contribution < 1.29 is 35.8 Å². The normalized spacial score (nSPS) is 14.5. The van der Waals surface area contributed by atoms with Crippen molar-refractivity contribution >= 4 is 0 Å². The van der Waals surface area contributed by atoms with E-state index in [2.05, 4.69) is 0 Å². The first-order valence-corrected chi connectivity index (χ1v) is 6.74. The summed E-state index contributed by atoms with van der Waals surface area (Å²) in [6.07, 6.45) is -6.48. The standard InChI is InChI=1S/C16H9F7O/c17-14(18,15(19,20)16(21,22)23)12-6-5-10-9-4-2-1-3-8(9)7-11(10)13(12)24/h1-6,24H,7H2. The van der Waals surface area contributed by atoms with Gasteiger partial charge in [0.25, 0.3) is 0 Å². The highest BCUT2D eigenvalue weighted by Gasteiger charge is 2.74. The van der Waals surface area contributed by atoms with Crippen molar-refractivity contribution in [2.45, 2.75) is 24.4 Å². The van der Waals surface area contributed by atoms with Crippen molar-refractivity contribution in [1.29, 1.82) is 0 Å². The summed E-state index contributed by atoms with van der Waals surface area (Å²) in [6.45, 7) is 0. The summed E-state index contributed by atoms with van der Waals surface area (Å²) in [5, 5.41) is 9.97. The minimum atomic E-state index is -6.45. The predicted octanol–water partition coefficient (Wildman–Crippen LogP) is 5.25. The van der Waals surface area contributed by atoms with E-state index in [-0.39, 0.29) is 12.0 Å². The molecule has 0 atom stereocenters. The van der Waals surface area contributed by atoms with Gasteiger partial charge in [-0.3, -0.25) is 0 Å². The van der Waals surface area contributed by atoms with Gasteiger partial charge in [-0.05, 0) is 22.8 Å². The molecule has 0 fully saturated rings. The first-order valence-electron chi connectivity index (χ1n) is 6.74. The van der Waals surface area contributed by atoms with Crippen LogP contribution in [0.3, 0.4) is 0 Å². The molecule has 1 aliphatic rings. The zero-order chi connectivity index (χ0) is 17.9. The van der Waals surface area contributed by atoms with Crippen LogP contribution < -0.4 is 0 Å². The summed E-state index contributed by atoms with van der Waals surface area (Å²) in [5.41, 5.74) is -0.230. The second kappa shape index (κ2) is 4.87. The van der Waals surface area contributed by atoms with Gasteiger partial charge in [-0.15, -0.1) is 0 Å². The third-order valence-corrected chi connectivity index (χ3v) is 4.05. The molecular weight excluding hydrogens is 341 g/mol. The van der Waals surface area contributed by atoms with Crippen LogP contribution in [0.4, 0.5) is 30.7 Å². The Balaban J connectivity index is 2.15. The molecule has 0 spiro atoms. The molecule has 0 amide bonds. The van der Waals surface area contributed by atoms with Crippen LogP contribution in [0.2, 0.25) is 0 Å². The lowest BCUT2D eigenvalue weighted by Crippen LogP contribution is -2.50. The largest absolute Gasteiger partial charge is 0.507 e. The van der Waals surface area contributed by atoms with Gasteiger partial charge in [-0.1, -0.05) is 30.3 Å². The van der Waals surface area contributed by atoms with Crippen molar-refractivity contribution in [2.75, 3.05) is 0 Å². The first-order chi connectivity index (χ1) is 11.0. The zero-order valence-corrected chi connectivity index (χ0v) is 11.8. The molecule has 128 valence electrons. The van der Waals surface area contributed by atoms with Gasteiger partial charge in [0.15, 0.2) is 0 Å². The number of phenols is 1. The Kier molecular flexibility index (Phi) is 3.37. The van der Waals surface area contributed by atoms with E-state index in [1.54, 1.807) is 24.3 Å². The summed E-state index contributed by atoms with van der Waals surface area (Å²) < 4.78 is 91.1. The minimum Gasteiger partial charge on any atom is -0.507 e. The number of hydrogen-bond acceptors (Lipinski definition) is 1. The lowest BCUT2D eigenvalue weighted by atomic mass is 9.95. The maximum Gasteiger partial charge on any atom is 0.460 e. The Morgan fingerprint density at radius 1 is 0.792 bits per heavy atom. The number of rotatable bonds is 2. The molecule has 24 heavy (non-hydrogen) atoms. The van der Waals surface area contributed by atoms with E-state index in [4.69, 9.17) is 0 Å². The molecule has 8 heteroatoms. The van der Waals surface area contributed by atoms with Crippen LogP contribution >= 0.6 is 0 Å². The van der Waals surface area contributed by atoms with Crippen molar-refractivity contribution in [3.8, 4) is 16.9 Å². The van der Waals surface area contributed by atoms with Gasteiger partial charge >= 0.3 is 18.0 Å². The Morgan fingerprint density at radius 2 is 1.42 bits per heavy atom. The lowest BCUT2D eigenvalue weighted by Gasteiger charge is -2.29. The van der Waals surface area contributed by atoms with E-state index in [9.17, 15) is 35.8 Å². The van der Waals surface area contributed by atoms with Gasteiger partial charge in [-0.25, -0.2) is 0 Å². The molecule has 0 aromatic heterocycles. The Bertz CT molecular complexity index is 809. The van der Waals surface area contributed by atoms with Crippen LogP contribution in [-0.2, 0) is 12.3 Å². The minimum absolute atomic E-state index is 0.0289. The van der Waals surface area contributed by atoms with Crippen LogP contribution in [0.15, 0.2) is 36.4 Å². The smallest absolute Gasteiger partial charge is 0.460 e. The molecule has 3 rings (SSSR count). The highest BCUT2D eigenvalue weighted by Crippen LogP contribution is 2.55. The van der Waals surface area contributed by atoms with E-state index in [0.717, 1.165) is 6.07 Å². The van der Waals surface area contributed by atoms with Gasteiger partial charge < -0.3 is 5.11 Å². The molecule has 1 N–H and O–H groups in total. The molecule has 0 saturated heterocycles. The third-order valence-electron chi connectivity index (χ3n) is 4.05. The summed E-state index contributed by atoms with van der Waals surface area (Å²) in [5.74, 6) is -13.1. The molecular formula is C16H9F7O. The number of hydrogen-bond donors (Lipinski definition) is 1. The molecule has 0 saturated carbocycles. The molecule has 1 nitrogen and oxygen atoms in total. The fraction of sp³-hybridized carbons (Fsp3) is 0.250. The lowest BCUT2D eigenvalue weighted by molar-refractivity contribution is -0.359. The first kappa shape index (κ1) is 16.6. The molecule has 0 bridgehead atoms. The Hall–Kier alpha value is -2.25. The van der Waals surface area contributed by atoms with Gasteiger partial charge in [0.2, 0.25) is 0 Å². The molecule has 0 aliphatic heterocycles. The fourth-order valence-electron chi connectivity index (χ4n) is 2.80. The monoisotopic (exact) mass is 350 g/mol. The van der Waals surface area contributed by atoms with Crippen LogP contribution in [0, 0.1) is 0 Å². The maximum absolute atomic E-state index is 13.9. The average Bonchev–Trinajstić information content (AvgIpc) is 2.86. The number of fused-ring (bicyclic) bond motifs is 3. The number of benzene rings is 2. The van der Waals surface area contributed by atoms with Crippen molar-refractivity contribution in [3.05, 3.63) is 53.1 Å². The molecule has 2 aromatic rings. The number of alkyl halides is 7. The highest BCUT2D eigenvalue weighted by molar-refractivity contribution is 5.79. The van der Waals surface area contributed by atoms with Crippen LogP contribution in [-0.4, -0.2) is 17.2 Å². The molecule has 2 aromatic carbocycles. The van der Waals surface area contributed by atoms with E-state index in [0.29, 0.717) is 22.8 Å². The number of halogens is 7. The predicted molar refractivity (Wildman–Crippen MR) is 71.2 cm³/mol. The van der Waals surface area contributed by atoms with E-state index >= 15 is 0 Å². The van der Waals surface area contributed by atoms with E-state index < -0.39 is 29.3 Å². The van der Waals surface area contributed by atoms with Crippen LogP contribution in [0.25, 0.3) is 11.1 Å². The van der Waals surface area contributed by atoms with Gasteiger partial charge in [0.05, 0.1) is 5.56 Å². The third kappa shape index (κ3) is 2.08. The topological polar surface area (TPSA) is 20.2 Å². The molecule has 0 unspecified atom stereocenters. The van der Waals surface area contributed by atoms with Crippen LogP contribution in [0.1, 0.15) is 16.7 Å². The number of aromatic hydroxyl groups is 1. The summed E-state index contributed by atoms with van der Waals surface area (Å²) >= 11 is 0. The van der Waals surface area contributed by atoms with E-state index in [1.165, 1.54) is 0 Å². The second-order valence-corrected chi connectivity index (χ2v) is 5.47. The quantitative estimate of drug-likeness (QED) is 0.626. The van der Waals surface area contributed by atoms with E-state index in [1.807, 2.05) is 0 Å². The van der Waals surface area contributed by atoms with Crippen molar-refractivity contribution in [1.82, 2.24) is 0 Å². The van der Waals surface area contributed by atoms with Gasteiger partial charge in [0.1, 0.15) is 5.75 Å². The Morgan fingerprint density at radius 3 is 2.04 bits per heavy atom. The fourth-order valence-corrected chi connectivity index (χ4v) is 2.80. The molecule has 0 radical (unpaired) electrons. The molecule has 1 aliphatic carbocycles. The van der Waals surface area contributed by atoms with Crippen LogP contribution in [0.5, 0.6) is 5.75 Å². The highest BCUT2D eigenvalue weighted by atomic mass is 19.4. The van der Waals surface area contributed by atoms with Crippen molar-refractivity contribution in [2.24, 2.45) is 0 Å². The zero-order valence-electron chi connectivity index (χ0n) is 11.8. The second-order valence-electron chi connectivity index (χ2n) is 5.47. The van der Waals surface area contributed by atoms with Crippen molar-refractivity contribution in [3.63, 3.8) is 0 Å². The summed E-state index contributed by atoms with van der Waals surface area (Å²) in [7, 11) is 0. The summed E-state index contributed by atoms with van der Waals surface area (Å²) in [6, 6.07) is 8.05. The SMILES string of the molecule is Oc1c(C(F)(F)C(F)(F)C(F)(F)F)ccc2c1Cc1ccccc1-2. The number of phenolic OH excluding ortho intramolecular Hbond substituents is 1. The van der Waals surface area contributed by atoms with Gasteiger partial charge in [-0.2, -0.15) is 30.7 Å². The summed E-state index contributed by atoms with van der Waals surface area (Å²) in [4.78, 5) is 0. The Labute approximate surface area is 131 Å². The molecule has 0 heterocycles.